The summed E-state index contributed by atoms with van der Waals surface area (Å²) in [6, 6.07) is 0. The van der Waals surface area contributed by atoms with Gasteiger partial charge in [0.2, 0.25) is 0 Å². The summed E-state index contributed by atoms with van der Waals surface area (Å²) in [7, 11) is 0. The summed E-state index contributed by atoms with van der Waals surface area (Å²) in [5.41, 5.74) is 0. The molecule has 0 aromatic rings. The molecule has 0 unspecified atom stereocenters. The van der Waals surface area contributed by atoms with Gasteiger partial charge in [-0.05, 0) is 0 Å². The van der Waals surface area contributed by atoms with Crippen molar-refractivity contribution in [2.75, 3.05) is 0 Å². The van der Waals surface area contributed by atoms with Crippen LogP contribution < -0.4 is 0 Å². The van der Waals surface area contributed by atoms with Gasteiger partial charge in [-0.2, -0.15) is 0 Å². The molecule has 0 saturated heterocycles. The van der Waals surface area contributed by atoms with E-state index < -0.39 is 39.0 Å². The third-order valence-electron chi connectivity index (χ3n) is 0.775. The van der Waals surface area contributed by atoms with E-state index >= 15 is 0 Å². The van der Waals surface area contributed by atoms with Crippen LogP contribution in [0, 0.1) is 0 Å². The van der Waals surface area contributed by atoms with Crippen molar-refractivity contribution >= 4 is 23.0 Å². The molecule has 0 aliphatic rings. The van der Waals surface area contributed by atoms with E-state index in [9.17, 15) is 30.7 Å². The standard InChI is InChI=1S/C3F7.Sb.2H/c4-1(5)2(6,7)3(8,9)10;;;. The topological polar surface area (TPSA) is 0 Å². The van der Waals surface area contributed by atoms with Crippen LogP contribution in [0.4, 0.5) is 30.7 Å². The second-order valence-electron chi connectivity index (χ2n) is 1.70. The molecule has 0 nitrogen and oxygen atoms in total. The molecule has 0 aromatic heterocycles. The van der Waals surface area contributed by atoms with Crippen LogP contribution in [0.5, 0.6) is 0 Å². The Morgan fingerprint density at radius 1 is 0.727 bits per heavy atom. The zero-order chi connectivity index (χ0) is 9.50. The SMILES string of the molecule is FC(F)(F)C(F)(F)[C](F)(F)[SbH2]. The molecule has 68 valence electrons. The van der Waals surface area contributed by atoms with Crippen LogP contribution in [0.15, 0.2) is 0 Å². The summed E-state index contributed by atoms with van der Waals surface area (Å²) >= 11 is -1.47. The van der Waals surface area contributed by atoms with Gasteiger partial charge in [0.15, 0.2) is 0 Å². The number of halogens is 7. The van der Waals surface area contributed by atoms with Crippen LogP contribution >= 0.6 is 0 Å². The first-order valence-corrected chi connectivity index (χ1v) is 3.76. The minimum absolute atomic E-state index is 1.47. The summed E-state index contributed by atoms with van der Waals surface area (Å²) in [5.74, 6) is -5.90. The van der Waals surface area contributed by atoms with Crippen molar-refractivity contribution in [2.45, 2.75) is 16.0 Å². The van der Waals surface area contributed by atoms with Gasteiger partial charge in [0.25, 0.3) is 0 Å². The third-order valence-corrected chi connectivity index (χ3v) is 1.81. The predicted molar refractivity (Wildman–Crippen MR) is 24.5 cm³/mol. The van der Waals surface area contributed by atoms with E-state index in [-0.39, 0.29) is 0 Å². The zero-order valence-corrected chi connectivity index (χ0v) is 8.02. The van der Waals surface area contributed by atoms with Crippen LogP contribution in [0.1, 0.15) is 0 Å². The summed E-state index contributed by atoms with van der Waals surface area (Å²) in [6.45, 7) is 0. The normalized spacial score (nSPS) is 15.3. The Kier molecular flexibility index (Phi) is 2.76. The van der Waals surface area contributed by atoms with Crippen molar-refractivity contribution in [2.24, 2.45) is 0 Å². The van der Waals surface area contributed by atoms with Crippen molar-refractivity contribution in [3.05, 3.63) is 0 Å². The molecule has 0 aromatic carbocycles. The van der Waals surface area contributed by atoms with E-state index in [1.165, 1.54) is 0 Å². The molecule has 11 heavy (non-hydrogen) atoms. The molecule has 0 amide bonds. The van der Waals surface area contributed by atoms with Gasteiger partial charge >= 0.3 is 69.7 Å². The van der Waals surface area contributed by atoms with Gasteiger partial charge in [0.05, 0.1) is 0 Å². The maximum absolute atomic E-state index is 11.6. The van der Waals surface area contributed by atoms with E-state index in [1.807, 2.05) is 0 Å². The van der Waals surface area contributed by atoms with Crippen molar-refractivity contribution in [1.82, 2.24) is 0 Å². The third kappa shape index (κ3) is 2.13. The first-order chi connectivity index (χ1) is 4.50. The van der Waals surface area contributed by atoms with Crippen molar-refractivity contribution < 1.29 is 30.7 Å². The molecular weight excluding hydrogens is 291 g/mol. The molecule has 0 bridgehead atoms. The molecule has 0 atom stereocenters. The molecule has 0 saturated carbocycles. The average molecular weight is 293 g/mol. The van der Waals surface area contributed by atoms with Crippen molar-refractivity contribution in [1.29, 1.82) is 0 Å². The van der Waals surface area contributed by atoms with Crippen LogP contribution in [0.3, 0.4) is 0 Å². The molecule has 8 heteroatoms. The molecule has 0 aliphatic heterocycles. The molecule has 0 N–H and O–H groups in total. The summed E-state index contributed by atoms with van der Waals surface area (Å²) < 4.78 is 74.8. The average Bonchev–Trinajstić information content (AvgIpc) is 1.58. The molecule has 0 spiro atoms. The second kappa shape index (κ2) is 2.68. The number of rotatable bonds is 1. The van der Waals surface area contributed by atoms with E-state index in [2.05, 4.69) is 0 Å². The molecule has 0 fully saturated rings. The summed E-state index contributed by atoms with van der Waals surface area (Å²) in [5, 5.41) is 0. The molecule has 0 aliphatic carbocycles. The Morgan fingerprint density at radius 3 is 1.00 bits per heavy atom. The van der Waals surface area contributed by atoms with Crippen LogP contribution in [-0.2, 0) is 0 Å². The predicted octanol–water partition coefficient (Wildman–Crippen LogP) is 1.41. The van der Waals surface area contributed by atoms with Gasteiger partial charge in [-0.15, -0.1) is 0 Å². The summed E-state index contributed by atoms with van der Waals surface area (Å²) in [6.07, 6.45) is -6.17. The van der Waals surface area contributed by atoms with E-state index in [4.69, 9.17) is 0 Å². The Bertz CT molecular complexity index is 125. The number of hydrogen-bond acceptors (Lipinski definition) is 0. The first kappa shape index (κ1) is 11.3. The monoisotopic (exact) mass is 292 g/mol. The Labute approximate surface area is 70.2 Å². The van der Waals surface area contributed by atoms with Crippen molar-refractivity contribution in [3.63, 3.8) is 0 Å². The fourth-order valence-electron chi connectivity index (χ4n) is 0.189. The quantitative estimate of drug-likeness (QED) is 0.506. The van der Waals surface area contributed by atoms with E-state index in [0.29, 0.717) is 0 Å². The van der Waals surface area contributed by atoms with Gasteiger partial charge in [0.1, 0.15) is 0 Å². The minimum atomic E-state index is -6.17. The van der Waals surface area contributed by atoms with E-state index in [0.717, 1.165) is 0 Å². The zero-order valence-electron chi connectivity index (χ0n) is 4.72. The molecule has 0 rings (SSSR count). The molecular formula is C3H2F7Sb. The Hall–Kier alpha value is 0.328. The number of alkyl halides is 7. The van der Waals surface area contributed by atoms with Gasteiger partial charge in [0, 0.05) is 0 Å². The van der Waals surface area contributed by atoms with Crippen molar-refractivity contribution in [3.8, 4) is 0 Å². The van der Waals surface area contributed by atoms with Crippen LogP contribution in [-0.4, -0.2) is 39.0 Å². The van der Waals surface area contributed by atoms with Gasteiger partial charge in [-0.1, -0.05) is 0 Å². The van der Waals surface area contributed by atoms with E-state index in [1.54, 1.807) is 0 Å². The maximum atomic E-state index is 11.6. The molecule has 0 heterocycles. The van der Waals surface area contributed by atoms with Crippen LogP contribution in [0.2, 0.25) is 0 Å². The fourth-order valence-corrected chi connectivity index (χ4v) is 0.656. The van der Waals surface area contributed by atoms with Crippen LogP contribution in [0.25, 0.3) is 0 Å². The number of hydrogen-bond donors (Lipinski definition) is 0. The first-order valence-electron chi connectivity index (χ1n) is 2.11. The fraction of sp³-hybridized carbons (Fsp3) is 1.00. The van der Waals surface area contributed by atoms with Gasteiger partial charge in [-0.25, -0.2) is 0 Å². The Morgan fingerprint density at radius 2 is 1.00 bits per heavy atom. The Balaban J connectivity index is 4.75. The van der Waals surface area contributed by atoms with Gasteiger partial charge < -0.3 is 0 Å². The molecule has 0 radical (unpaired) electrons. The second-order valence-corrected chi connectivity index (χ2v) is 3.76. The van der Waals surface area contributed by atoms with Gasteiger partial charge in [-0.3, -0.25) is 0 Å². The summed E-state index contributed by atoms with van der Waals surface area (Å²) in [4.78, 5) is 0.